The lowest BCUT2D eigenvalue weighted by molar-refractivity contribution is 0.102. The van der Waals surface area contributed by atoms with Crippen LogP contribution < -0.4 is 19.7 Å². The number of methoxy groups -OCH3 is 2. The summed E-state index contributed by atoms with van der Waals surface area (Å²) in [6.07, 6.45) is 0. The van der Waals surface area contributed by atoms with Gasteiger partial charge in [0.2, 0.25) is 0 Å². The number of ether oxygens (including phenoxy) is 2. The highest BCUT2D eigenvalue weighted by atomic mass is 16.5. The van der Waals surface area contributed by atoms with Gasteiger partial charge in [0.15, 0.2) is 0 Å². The predicted molar refractivity (Wildman–Crippen MR) is 102 cm³/mol. The van der Waals surface area contributed by atoms with Crippen molar-refractivity contribution >= 4 is 17.3 Å². The highest BCUT2D eigenvalue weighted by molar-refractivity contribution is 6.04. The van der Waals surface area contributed by atoms with E-state index in [1.165, 1.54) is 0 Å². The van der Waals surface area contributed by atoms with E-state index in [1.807, 2.05) is 24.3 Å². The third-order valence-electron chi connectivity index (χ3n) is 4.03. The van der Waals surface area contributed by atoms with Crippen molar-refractivity contribution in [2.24, 2.45) is 0 Å². The molecule has 0 aliphatic heterocycles. The molecule has 0 bridgehead atoms. The quantitative estimate of drug-likeness (QED) is 0.820. The van der Waals surface area contributed by atoms with Crippen LogP contribution in [0, 0.1) is 0 Å². The number of hydrogen-bond donors (Lipinski definition) is 1. The molecular formula is C20H26N2O3. The lowest BCUT2D eigenvalue weighted by Crippen LogP contribution is -2.30. The van der Waals surface area contributed by atoms with E-state index in [9.17, 15) is 4.79 Å². The van der Waals surface area contributed by atoms with Crippen LogP contribution in [0.25, 0.3) is 0 Å². The SMILES string of the molecule is CCN(c1ccc(NC(=O)c2cc(OC)cc(OC)c2)cc1)C(C)C. The van der Waals surface area contributed by atoms with Gasteiger partial charge in [-0.1, -0.05) is 0 Å². The zero-order chi connectivity index (χ0) is 18.4. The molecule has 5 heteroatoms. The Kier molecular flexibility index (Phi) is 6.28. The maximum Gasteiger partial charge on any atom is 0.255 e. The third kappa shape index (κ3) is 4.66. The normalized spacial score (nSPS) is 10.5. The van der Waals surface area contributed by atoms with Crippen LogP contribution in [0.2, 0.25) is 0 Å². The average Bonchev–Trinajstić information content (AvgIpc) is 2.62. The minimum Gasteiger partial charge on any atom is -0.497 e. The Hall–Kier alpha value is -2.69. The Balaban J connectivity index is 2.15. The van der Waals surface area contributed by atoms with E-state index in [0.29, 0.717) is 23.1 Å². The fourth-order valence-corrected chi connectivity index (χ4v) is 2.72. The molecule has 0 aliphatic rings. The molecule has 2 aromatic rings. The molecule has 0 unspecified atom stereocenters. The molecule has 0 aliphatic carbocycles. The van der Waals surface area contributed by atoms with Crippen molar-refractivity contribution in [3.63, 3.8) is 0 Å². The lowest BCUT2D eigenvalue weighted by atomic mass is 10.1. The highest BCUT2D eigenvalue weighted by Gasteiger charge is 2.12. The molecule has 0 saturated heterocycles. The van der Waals surface area contributed by atoms with Crippen LogP contribution in [0.4, 0.5) is 11.4 Å². The molecule has 0 saturated carbocycles. The number of nitrogens with one attached hydrogen (secondary N) is 1. The van der Waals surface area contributed by atoms with Crippen molar-refractivity contribution in [2.45, 2.75) is 26.8 Å². The van der Waals surface area contributed by atoms with Crippen molar-refractivity contribution in [3.8, 4) is 11.5 Å². The molecule has 1 amide bonds. The summed E-state index contributed by atoms with van der Waals surface area (Å²) >= 11 is 0. The third-order valence-corrected chi connectivity index (χ3v) is 4.03. The number of benzene rings is 2. The first-order valence-electron chi connectivity index (χ1n) is 8.39. The van der Waals surface area contributed by atoms with E-state index in [-0.39, 0.29) is 5.91 Å². The second-order valence-electron chi connectivity index (χ2n) is 5.98. The average molecular weight is 342 g/mol. The summed E-state index contributed by atoms with van der Waals surface area (Å²) < 4.78 is 10.4. The van der Waals surface area contributed by atoms with Crippen LogP contribution >= 0.6 is 0 Å². The first kappa shape index (κ1) is 18.6. The van der Waals surface area contributed by atoms with Crippen molar-refractivity contribution in [2.75, 3.05) is 31.0 Å². The summed E-state index contributed by atoms with van der Waals surface area (Å²) in [5.41, 5.74) is 2.37. The van der Waals surface area contributed by atoms with Crippen LogP contribution in [0.15, 0.2) is 42.5 Å². The molecular weight excluding hydrogens is 316 g/mol. The molecule has 134 valence electrons. The van der Waals surface area contributed by atoms with E-state index in [0.717, 1.165) is 17.9 Å². The number of nitrogens with zero attached hydrogens (tertiary/aromatic N) is 1. The summed E-state index contributed by atoms with van der Waals surface area (Å²) in [7, 11) is 3.12. The van der Waals surface area contributed by atoms with Crippen molar-refractivity contribution in [3.05, 3.63) is 48.0 Å². The number of carbonyl (C=O) groups is 1. The Labute approximate surface area is 149 Å². The number of hydrogen-bond acceptors (Lipinski definition) is 4. The maximum absolute atomic E-state index is 12.5. The Morgan fingerprint density at radius 3 is 2.04 bits per heavy atom. The van der Waals surface area contributed by atoms with Crippen molar-refractivity contribution in [1.29, 1.82) is 0 Å². The van der Waals surface area contributed by atoms with Crippen LogP contribution in [0.5, 0.6) is 11.5 Å². The first-order chi connectivity index (χ1) is 12.0. The molecule has 0 atom stereocenters. The molecule has 0 aromatic heterocycles. The van der Waals surface area contributed by atoms with Gasteiger partial charge in [-0.2, -0.15) is 0 Å². The van der Waals surface area contributed by atoms with Gasteiger partial charge in [-0.25, -0.2) is 0 Å². The Morgan fingerprint density at radius 2 is 1.60 bits per heavy atom. The fourth-order valence-electron chi connectivity index (χ4n) is 2.72. The standard InChI is InChI=1S/C20H26N2O3/c1-6-22(14(2)3)17-9-7-16(8-10-17)21-20(23)15-11-18(24-4)13-19(12-15)25-5/h7-14H,6H2,1-5H3,(H,21,23). The van der Waals surface area contributed by atoms with Crippen LogP contribution in [0.3, 0.4) is 0 Å². The smallest absolute Gasteiger partial charge is 0.255 e. The Morgan fingerprint density at radius 1 is 1.04 bits per heavy atom. The molecule has 25 heavy (non-hydrogen) atoms. The minimum absolute atomic E-state index is 0.207. The maximum atomic E-state index is 12.5. The summed E-state index contributed by atoms with van der Waals surface area (Å²) in [6.45, 7) is 7.39. The van der Waals surface area contributed by atoms with Crippen molar-refractivity contribution in [1.82, 2.24) is 0 Å². The number of rotatable bonds is 7. The van der Waals surface area contributed by atoms with Gasteiger partial charge in [0.05, 0.1) is 14.2 Å². The molecule has 2 aromatic carbocycles. The van der Waals surface area contributed by atoms with Gasteiger partial charge in [0.1, 0.15) is 11.5 Å². The zero-order valence-electron chi connectivity index (χ0n) is 15.5. The second kappa shape index (κ2) is 8.42. The molecule has 0 spiro atoms. The monoisotopic (exact) mass is 342 g/mol. The van der Waals surface area contributed by atoms with E-state index in [2.05, 4.69) is 31.0 Å². The minimum atomic E-state index is -0.207. The van der Waals surface area contributed by atoms with Crippen LogP contribution in [0.1, 0.15) is 31.1 Å². The van der Waals surface area contributed by atoms with E-state index >= 15 is 0 Å². The van der Waals surface area contributed by atoms with Crippen molar-refractivity contribution < 1.29 is 14.3 Å². The number of amides is 1. The molecule has 5 nitrogen and oxygen atoms in total. The fraction of sp³-hybridized carbons (Fsp3) is 0.350. The molecule has 2 rings (SSSR count). The summed E-state index contributed by atoms with van der Waals surface area (Å²) in [5.74, 6) is 0.951. The lowest BCUT2D eigenvalue weighted by Gasteiger charge is -2.27. The summed E-state index contributed by atoms with van der Waals surface area (Å²) in [6, 6.07) is 13.4. The topological polar surface area (TPSA) is 50.8 Å². The van der Waals surface area contributed by atoms with Gasteiger partial charge >= 0.3 is 0 Å². The van der Waals surface area contributed by atoms with Gasteiger partial charge < -0.3 is 19.7 Å². The predicted octanol–water partition coefficient (Wildman–Crippen LogP) is 4.19. The summed E-state index contributed by atoms with van der Waals surface area (Å²) in [5, 5.41) is 2.91. The largest absolute Gasteiger partial charge is 0.497 e. The molecule has 1 N–H and O–H groups in total. The van der Waals surface area contributed by atoms with Gasteiger partial charge in [0.25, 0.3) is 5.91 Å². The van der Waals surface area contributed by atoms with Crippen LogP contribution in [-0.4, -0.2) is 32.7 Å². The number of carbonyl (C=O) groups excluding carboxylic acids is 1. The molecule has 0 fully saturated rings. The van der Waals surface area contributed by atoms with E-state index in [1.54, 1.807) is 32.4 Å². The van der Waals surface area contributed by atoms with Gasteiger partial charge in [-0.05, 0) is 57.2 Å². The summed E-state index contributed by atoms with van der Waals surface area (Å²) in [4.78, 5) is 14.8. The van der Waals surface area contributed by atoms with Gasteiger partial charge in [0, 0.05) is 35.6 Å². The first-order valence-corrected chi connectivity index (χ1v) is 8.39. The van der Waals surface area contributed by atoms with Crippen LogP contribution in [-0.2, 0) is 0 Å². The van der Waals surface area contributed by atoms with Gasteiger partial charge in [-0.15, -0.1) is 0 Å². The zero-order valence-corrected chi connectivity index (χ0v) is 15.5. The second-order valence-corrected chi connectivity index (χ2v) is 5.98. The number of anilines is 2. The Bertz CT molecular complexity index is 689. The van der Waals surface area contributed by atoms with Gasteiger partial charge in [-0.3, -0.25) is 4.79 Å². The highest BCUT2D eigenvalue weighted by Crippen LogP contribution is 2.24. The van der Waals surface area contributed by atoms with E-state index < -0.39 is 0 Å². The molecule has 0 heterocycles. The van der Waals surface area contributed by atoms with E-state index in [4.69, 9.17) is 9.47 Å². The molecule has 0 radical (unpaired) electrons.